The lowest BCUT2D eigenvalue weighted by atomic mass is 10.1. The Morgan fingerprint density at radius 1 is 1.53 bits per heavy atom. The first-order chi connectivity index (χ1) is 8.18. The van der Waals surface area contributed by atoms with Crippen molar-refractivity contribution in [2.75, 3.05) is 13.1 Å². The maximum Gasteiger partial charge on any atom is 0.312 e. The molecule has 6 heteroatoms. The van der Waals surface area contributed by atoms with Crippen LogP contribution in [0.2, 0.25) is 5.02 Å². The van der Waals surface area contributed by atoms with E-state index >= 15 is 0 Å². The number of nitro groups is 1. The predicted octanol–water partition coefficient (Wildman–Crippen LogP) is 2.38. The molecule has 1 aliphatic rings. The Labute approximate surface area is 104 Å². The van der Waals surface area contributed by atoms with Gasteiger partial charge in [-0.15, -0.1) is 0 Å². The van der Waals surface area contributed by atoms with Gasteiger partial charge in [0.2, 0.25) is 5.75 Å². The Balaban J connectivity index is 2.21. The Bertz CT molecular complexity index is 419. The minimum atomic E-state index is -0.475. The summed E-state index contributed by atoms with van der Waals surface area (Å²) >= 11 is 5.94. The molecule has 1 atom stereocenters. The highest BCUT2D eigenvalue weighted by atomic mass is 35.5. The van der Waals surface area contributed by atoms with Crippen molar-refractivity contribution in [1.82, 2.24) is 5.32 Å². The molecule has 92 valence electrons. The number of nitrogens with one attached hydrogen (secondary N) is 1. The molecule has 0 saturated carbocycles. The first-order valence-corrected chi connectivity index (χ1v) is 5.86. The van der Waals surface area contributed by atoms with Gasteiger partial charge in [0.1, 0.15) is 6.10 Å². The van der Waals surface area contributed by atoms with Crippen molar-refractivity contribution in [2.24, 2.45) is 0 Å². The minimum Gasteiger partial charge on any atom is -0.481 e. The van der Waals surface area contributed by atoms with E-state index in [1.54, 1.807) is 12.1 Å². The third kappa shape index (κ3) is 2.87. The molecule has 1 heterocycles. The van der Waals surface area contributed by atoms with Crippen molar-refractivity contribution in [3.05, 3.63) is 33.3 Å². The van der Waals surface area contributed by atoms with Crippen LogP contribution >= 0.6 is 11.6 Å². The highest BCUT2D eigenvalue weighted by Crippen LogP contribution is 2.35. The van der Waals surface area contributed by atoms with Crippen molar-refractivity contribution in [3.8, 4) is 5.75 Å². The summed E-state index contributed by atoms with van der Waals surface area (Å²) in [6.07, 6.45) is 1.83. The van der Waals surface area contributed by atoms with Crippen LogP contribution in [0.1, 0.15) is 12.8 Å². The van der Waals surface area contributed by atoms with Crippen LogP contribution in [0.3, 0.4) is 0 Å². The van der Waals surface area contributed by atoms with E-state index in [2.05, 4.69) is 5.32 Å². The molecule has 1 saturated heterocycles. The monoisotopic (exact) mass is 256 g/mol. The highest BCUT2D eigenvalue weighted by molar-refractivity contribution is 6.32. The Morgan fingerprint density at radius 3 is 3.00 bits per heavy atom. The van der Waals surface area contributed by atoms with Gasteiger partial charge in [-0.25, -0.2) is 0 Å². The summed E-state index contributed by atoms with van der Waals surface area (Å²) in [4.78, 5) is 10.4. The maximum absolute atomic E-state index is 10.9. The zero-order chi connectivity index (χ0) is 12.3. The van der Waals surface area contributed by atoms with Crippen LogP contribution in [0.25, 0.3) is 0 Å². The van der Waals surface area contributed by atoms with Gasteiger partial charge in [0.15, 0.2) is 0 Å². The normalized spacial score (nSPS) is 19.9. The number of hydrogen-bond acceptors (Lipinski definition) is 4. The van der Waals surface area contributed by atoms with Crippen molar-refractivity contribution >= 4 is 17.3 Å². The number of nitro benzene ring substituents is 1. The van der Waals surface area contributed by atoms with Gasteiger partial charge in [0.05, 0.1) is 9.95 Å². The molecule has 0 aromatic heterocycles. The molecule has 17 heavy (non-hydrogen) atoms. The molecule has 0 radical (unpaired) electrons. The second-order valence-corrected chi connectivity index (χ2v) is 4.34. The van der Waals surface area contributed by atoms with E-state index in [9.17, 15) is 10.1 Å². The third-order valence-corrected chi connectivity index (χ3v) is 2.98. The van der Waals surface area contributed by atoms with E-state index < -0.39 is 4.92 Å². The number of rotatable bonds is 3. The van der Waals surface area contributed by atoms with Crippen molar-refractivity contribution in [3.63, 3.8) is 0 Å². The molecule has 1 fully saturated rings. The summed E-state index contributed by atoms with van der Waals surface area (Å²) < 4.78 is 5.64. The van der Waals surface area contributed by atoms with Gasteiger partial charge < -0.3 is 10.1 Å². The Morgan fingerprint density at radius 2 is 2.35 bits per heavy atom. The number of hydrogen-bond donors (Lipinski definition) is 1. The topological polar surface area (TPSA) is 64.4 Å². The third-order valence-electron chi connectivity index (χ3n) is 2.68. The van der Waals surface area contributed by atoms with Crippen LogP contribution in [0.5, 0.6) is 5.75 Å². The summed E-state index contributed by atoms with van der Waals surface area (Å²) in [6.45, 7) is 1.66. The van der Waals surface area contributed by atoms with Crippen LogP contribution in [-0.2, 0) is 0 Å². The summed E-state index contributed by atoms with van der Waals surface area (Å²) in [5, 5.41) is 14.3. The molecular weight excluding hydrogens is 244 g/mol. The second kappa shape index (κ2) is 5.33. The van der Waals surface area contributed by atoms with Crippen LogP contribution in [-0.4, -0.2) is 24.1 Å². The standard InChI is InChI=1S/C11H13ClN2O3/c12-9-4-1-5-10(14(15)16)11(9)17-8-3-2-6-13-7-8/h1,4-5,8,13H,2-3,6-7H2. The van der Waals surface area contributed by atoms with Gasteiger partial charge in [0, 0.05) is 12.6 Å². The summed E-state index contributed by atoms with van der Waals surface area (Å²) in [5.41, 5.74) is -0.0805. The smallest absolute Gasteiger partial charge is 0.312 e. The van der Waals surface area contributed by atoms with Crippen LogP contribution in [0.4, 0.5) is 5.69 Å². The quantitative estimate of drug-likeness (QED) is 0.666. The summed E-state index contributed by atoms with van der Waals surface area (Å²) in [5.74, 6) is 0.174. The first-order valence-electron chi connectivity index (χ1n) is 5.49. The number of nitrogens with zero attached hydrogens (tertiary/aromatic N) is 1. The lowest BCUT2D eigenvalue weighted by Gasteiger charge is -2.24. The zero-order valence-corrected chi connectivity index (χ0v) is 9.94. The van der Waals surface area contributed by atoms with E-state index in [0.29, 0.717) is 6.54 Å². The number of para-hydroxylation sites is 1. The maximum atomic E-state index is 10.9. The van der Waals surface area contributed by atoms with Gasteiger partial charge in [-0.2, -0.15) is 0 Å². The first kappa shape index (κ1) is 12.1. The van der Waals surface area contributed by atoms with E-state index in [0.717, 1.165) is 19.4 Å². The van der Waals surface area contributed by atoms with Gasteiger partial charge in [-0.3, -0.25) is 10.1 Å². The largest absolute Gasteiger partial charge is 0.481 e. The summed E-state index contributed by atoms with van der Waals surface area (Å²) in [7, 11) is 0. The molecule has 1 aliphatic heterocycles. The van der Waals surface area contributed by atoms with Crippen LogP contribution in [0.15, 0.2) is 18.2 Å². The molecular formula is C11H13ClN2O3. The Hall–Kier alpha value is -1.33. The van der Waals surface area contributed by atoms with Crippen molar-refractivity contribution < 1.29 is 9.66 Å². The fraction of sp³-hybridized carbons (Fsp3) is 0.455. The molecule has 1 unspecified atom stereocenters. The minimum absolute atomic E-state index is 0.0534. The number of ether oxygens (including phenoxy) is 1. The van der Waals surface area contributed by atoms with Gasteiger partial charge in [0.25, 0.3) is 0 Å². The van der Waals surface area contributed by atoms with Crippen LogP contribution < -0.4 is 10.1 Å². The zero-order valence-electron chi connectivity index (χ0n) is 9.19. The fourth-order valence-electron chi connectivity index (χ4n) is 1.85. The number of benzene rings is 1. The molecule has 1 N–H and O–H groups in total. The van der Waals surface area contributed by atoms with Gasteiger partial charge in [-0.1, -0.05) is 17.7 Å². The fourth-order valence-corrected chi connectivity index (χ4v) is 2.06. The lowest BCUT2D eigenvalue weighted by molar-refractivity contribution is -0.386. The van der Waals surface area contributed by atoms with Crippen molar-refractivity contribution in [1.29, 1.82) is 0 Å². The second-order valence-electron chi connectivity index (χ2n) is 3.93. The van der Waals surface area contributed by atoms with E-state index in [-0.39, 0.29) is 22.6 Å². The SMILES string of the molecule is O=[N+]([O-])c1cccc(Cl)c1OC1CCCNC1. The molecule has 2 rings (SSSR count). The Kier molecular flexibility index (Phi) is 3.81. The molecule has 1 aromatic rings. The molecule has 5 nitrogen and oxygen atoms in total. The average molecular weight is 257 g/mol. The highest BCUT2D eigenvalue weighted by Gasteiger charge is 2.23. The molecule has 0 aliphatic carbocycles. The lowest BCUT2D eigenvalue weighted by Crippen LogP contribution is -2.37. The summed E-state index contributed by atoms with van der Waals surface area (Å²) in [6, 6.07) is 4.55. The number of halogens is 1. The predicted molar refractivity (Wildman–Crippen MR) is 64.6 cm³/mol. The van der Waals surface area contributed by atoms with Gasteiger partial charge in [-0.05, 0) is 25.5 Å². The molecule has 0 spiro atoms. The van der Waals surface area contributed by atoms with E-state index in [1.165, 1.54) is 6.07 Å². The van der Waals surface area contributed by atoms with Gasteiger partial charge >= 0.3 is 5.69 Å². The van der Waals surface area contributed by atoms with E-state index in [4.69, 9.17) is 16.3 Å². The van der Waals surface area contributed by atoms with E-state index in [1.807, 2.05) is 0 Å². The molecule has 0 bridgehead atoms. The average Bonchev–Trinajstić information content (AvgIpc) is 2.33. The van der Waals surface area contributed by atoms with Crippen LogP contribution in [0, 0.1) is 10.1 Å². The molecule has 0 amide bonds. The molecule has 1 aromatic carbocycles. The number of piperidine rings is 1. The van der Waals surface area contributed by atoms with Crippen molar-refractivity contribution in [2.45, 2.75) is 18.9 Å².